The second-order valence-corrected chi connectivity index (χ2v) is 6.35. The molecule has 0 aliphatic carbocycles. The Balaban J connectivity index is 1.79. The molecule has 0 saturated heterocycles. The van der Waals surface area contributed by atoms with Crippen molar-refractivity contribution in [2.45, 2.75) is 13.3 Å². The summed E-state index contributed by atoms with van der Waals surface area (Å²) < 4.78 is 10.8. The minimum atomic E-state index is -0.0763. The molecule has 0 spiro atoms. The quantitative estimate of drug-likeness (QED) is 0.765. The average Bonchev–Trinajstić information content (AvgIpc) is 3.08. The predicted octanol–water partition coefficient (Wildman–Crippen LogP) is 3.30. The van der Waals surface area contributed by atoms with Gasteiger partial charge in [-0.3, -0.25) is 4.79 Å². The smallest absolute Gasteiger partial charge is 0.221 e. The SMILES string of the molecule is COc1cc2ncnc(N3CCc4cc(NC(C)=O)ccc43)c2cc1OC. The van der Waals surface area contributed by atoms with E-state index in [-0.39, 0.29) is 5.91 Å². The van der Waals surface area contributed by atoms with E-state index in [0.29, 0.717) is 11.5 Å². The Kier molecular flexibility index (Phi) is 4.27. The lowest BCUT2D eigenvalue weighted by molar-refractivity contribution is -0.114. The number of methoxy groups -OCH3 is 2. The summed E-state index contributed by atoms with van der Waals surface area (Å²) in [5.74, 6) is 2.03. The van der Waals surface area contributed by atoms with Crippen LogP contribution in [0.15, 0.2) is 36.7 Å². The number of benzene rings is 2. The summed E-state index contributed by atoms with van der Waals surface area (Å²) in [5, 5.41) is 3.73. The molecule has 1 aliphatic heterocycles. The lowest BCUT2D eigenvalue weighted by atomic mass is 10.1. The Morgan fingerprint density at radius 1 is 1.11 bits per heavy atom. The second kappa shape index (κ2) is 6.75. The fraction of sp³-hybridized carbons (Fsp3) is 0.250. The van der Waals surface area contributed by atoms with Crippen LogP contribution in [-0.2, 0) is 11.2 Å². The molecule has 2 aromatic carbocycles. The maximum absolute atomic E-state index is 11.3. The van der Waals surface area contributed by atoms with Crippen molar-refractivity contribution < 1.29 is 14.3 Å². The van der Waals surface area contributed by atoms with Crippen molar-refractivity contribution in [3.05, 3.63) is 42.2 Å². The first-order valence-corrected chi connectivity index (χ1v) is 8.65. The molecule has 0 bridgehead atoms. The van der Waals surface area contributed by atoms with Crippen LogP contribution in [-0.4, -0.2) is 36.6 Å². The van der Waals surface area contributed by atoms with Crippen LogP contribution in [0, 0.1) is 0 Å². The molecular formula is C20H20N4O3. The highest BCUT2D eigenvalue weighted by Crippen LogP contribution is 2.40. The van der Waals surface area contributed by atoms with E-state index >= 15 is 0 Å². The number of fused-ring (bicyclic) bond motifs is 2. The molecule has 138 valence electrons. The van der Waals surface area contributed by atoms with Gasteiger partial charge in [0.25, 0.3) is 0 Å². The predicted molar refractivity (Wildman–Crippen MR) is 104 cm³/mol. The van der Waals surface area contributed by atoms with E-state index in [0.717, 1.165) is 41.1 Å². The van der Waals surface area contributed by atoms with Gasteiger partial charge in [-0.15, -0.1) is 0 Å². The van der Waals surface area contributed by atoms with E-state index in [9.17, 15) is 4.79 Å². The first-order chi connectivity index (χ1) is 13.1. The van der Waals surface area contributed by atoms with Crippen LogP contribution in [0.25, 0.3) is 10.9 Å². The minimum Gasteiger partial charge on any atom is -0.493 e. The van der Waals surface area contributed by atoms with Gasteiger partial charge in [-0.1, -0.05) is 0 Å². The van der Waals surface area contributed by atoms with Crippen molar-refractivity contribution in [3.63, 3.8) is 0 Å². The van der Waals surface area contributed by atoms with E-state index in [4.69, 9.17) is 9.47 Å². The Labute approximate surface area is 156 Å². The minimum absolute atomic E-state index is 0.0763. The van der Waals surface area contributed by atoms with Crippen LogP contribution >= 0.6 is 0 Å². The molecule has 0 fully saturated rings. The normalized spacial score (nSPS) is 12.8. The van der Waals surface area contributed by atoms with Gasteiger partial charge in [-0.25, -0.2) is 9.97 Å². The Hall–Kier alpha value is -3.35. The Bertz CT molecular complexity index is 1040. The lowest BCUT2D eigenvalue weighted by Crippen LogP contribution is -2.15. The van der Waals surface area contributed by atoms with E-state index in [1.165, 1.54) is 12.5 Å². The van der Waals surface area contributed by atoms with Gasteiger partial charge < -0.3 is 19.7 Å². The largest absolute Gasteiger partial charge is 0.493 e. The zero-order chi connectivity index (χ0) is 19.0. The first kappa shape index (κ1) is 17.1. The van der Waals surface area contributed by atoms with Crippen molar-refractivity contribution in [1.82, 2.24) is 9.97 Å². The summed E-state index contributed by atoms with van der Waals surface area (Å²) in [6.45, 7) is 2.31. The standard InChI is InChI=1S/C20H20N4O3/c1-12(25)23-14-4-5-17-13(8-14)6-7-24(17)20-15-9-18(26-2)19(27-3)10-16(15)21-11-22-20/h4-5,8-11H,6-7H2,1-3H3,(H,23,25). The van der Waals surface area contributed by atoms with Crippen LogP contribution in [0.5, 0.6) is 11.5 Å². The van der Waals surface area contributed by atoms with Crippen molar-refractivity contribution >= 4 is 34.0 Å². The maximum Gasteiger partial charge on any atom is 0.221 e. The monoisotopic (exact) mass is 364 g/mol. The third kappa shape index (κ3) is 3.01. The van der Waals surface area contributed by atoms with Crippen molar-refractivity contribution in [2.75, 3.05) is 31.0 Å². The molecule has 1 aliphatic rings. The second-order valence-electron chi connectivity index (χ2n) is 6.35. The van der Waals surface area contributed by atoms with Crippen molar-refractivity contribution in [1.29, 1.82) is 0 Å². The highest BCUT2D eigenvalue weighted by atomic mass is 16.5. The van der Waals surface area contributed by atoms with Gasteiger partial charge in [0.05, 0.1) is 19.7 Å². The molecule has 0 radical (unpaired) electrons. The topological polar surface area (TPSA) is 76.6 Å². The number of carbonyl (C=O) groups excluding carboxylic acids is 1. The van der Waals surface area contributed by atoms with E-state index in [1.54, 1.807) is 20.5 Å². The summed E-state index contributed by atoms with van der Waals surface area (Å²) in [7, 11) is 3.22. The number of anilines is 3. The van der Waals surface area contributed by atoms with Gasteiger partial charge in [0.1, 0.15) is 12.1 Å². The summed E-state index contributed by atoms with van der Waals surface area (Å²) in [6, 6.07) is 9.71. The fourth-order valence-electron chi connectivity index (χ4n) is 3.49. The molecule has 0 atom stereocenters. The summed E-state index contributed by atoms with van der Waals surface area (Å²) >= 11 is 0. The summed E-state index contributed by atoms with van der Waals surface area (Å²) in [4.78, 5) is 22.4. The van der Waals surface area contributed by atoms with Crippen LogP contribution < -0.4 is 19.7 Å². The molecule has 7 nitrogen and oxygen atoms in total. The fourth-order valence-corrected chi connectivity index (χ4v) is 3.49. The molecule has 1 amide bonds. The Morgan fingerprint density at radius 2 is 1.89 bits per heavy atom. The zero-order valence-electron chi connectivity index (χ0n) is 15.4. The van der Waals surface area contributed by atoms with Gasteiger partial charge in [0, 0.05) is 36.3 Å². The first-order valence-electron chi connectivity index (χ1n) is 8.65. The molecule has 0 unspecified atom stereocenters. The van der Waals surface area contributed by atoms with Gasteiger partial charge in [0.2, 0.25) is 5.91 Å². The van der Waals surface area contributed by atoms with Gasteiger partial charge in [-0.05, 0) is 36.2 Å². The third-order valence-electron chi connectivity index (χ3n) is 4.67. The van der Waals surface area contributed by atoms with Gasteiger partial charge in [0.15, 0.2) is 11.5 Å². The molecule has 2 heterocycles. The van der Waals surface area contributed by atoms with Crippen LogP contribution in [0.1, 0.15) is 12.5 Å². The summed E-state index contributed by atoms with van der Waals surface area (Å²) in [5.41, 5.74) is 3.86. The number of nitrogens with zero attached hydrogens (tertiary/aromatic N) is 3. The van der Waals surface area contributed by atoms with E-state index < -0.39 is 0 Å². The summed E-state index contributed by atoms with van der Waals surface area (Å²) in [6.07, 6.45) is 2.44. The van der Waals surface area contributed by atoms with Crippen molar-refractivity contribution in [2.24, 2.45) is 0 Å². The lowest BCUT2D eigenvalue weighted by Gasteiger charge is -2.20. The molecule has 1 N–H and O–H groups in total. The molecule has 3 aromatic rings. The van der Waals surface area contributed by atoms with E-state index in [1.807, 2.05) is 30.3 Å². The maximum atomic E-state index is 11.3. The highest BCUT2D eigenvalue weighted by Gasteiger charge is 2.24. The highest BCUT2D eigenvalue weighted by molar-refractivity contribution is 5.95. The zero-order valence-corrected chi connectivity index (χ0v) is 15.4. The third-order valence-corrected chi connectivity index (χ3v) is 4.67. The number of rotatable bonds is 4. The number of carbonyl (C=O) groups is 1. The van der Waals surface area contributed by atoms with Crippen LogP contribution in [0.2, 0.25) is 0 Å². The number of hydrogen-bond acceptors (Lipinski definition) is 6. The molecule has 1 aromatic heterocycles. The van der Waals surface area contributed by atoms with Crippen LogP contribution in [0.4, 0.5) is 17.2 Å². The molecule has 4 rings (SSSR count). The molecule has 0 saturated carbocycles. The van der Waals surface area contributed by atoms with Crippen molar-refractivity contribution in [3.8, 4) is 11.5 Å². The van der Waals surface area contributed by atoms with Gasteiger partial charge >= 0.3 is 0 Å². The molecular weight excluding hydrogens is 344 g/mol. The van der Waals surface area contributed by atoms with Gasteiger partial charge in [-0.2, -0.15) is 0 Å². The molecule has 27 heavy (non-hydrogen) atoms. The van der Waals surface area contributed by atoms with Crippen LogP contribution in [0.3, 0.4) is 0 Å². The Morgan fingerprint density at radius 3 is 2.63 bits per heavy atom. The molecule has 7 heteroatoms. The number of ether oxygens (including phenoxy) is 2. The number of aromatic nitrogens is 2. The number of nitrogens with one attached hydrogen (secondary N) is 1. The number of hydrogen-bond donors (Lipinski definition) is 1. The van der Waals surface area contributed by atoms with E-state index in [2.05, 4.69) is 20.2 Å². The number of amides is 1. The average molecular weight is 364 g/mol.